The molecular weight excluding hydrogens is 324 g/mol. The van der Waals surface area contributed by atoms with Crippen LogP contribution in [0.15, 0.2) is 41.2 Å². The highest BCUT2D eigenvalue weighted by atomic mass is 16.3. The molecule has 1 saturated carbocycles. The minimum Gasteiger partial charge on any atom is -0.507 e. The number of pyridine rings is 1. The zero-order valence-electron chi connectivity index (χ0n) is 15.3. The highest BCUT2D eigenvalue weighted by Crippen LogP contribution is 2.32. The molecule has 1 aliphatic rings. The quantitative estimate of drug-likeness (QED) is 0.679. The lowest BCUT2D eigenvalue weighted by atomic mass is 9.93. The molecule has 4 rings (SSSR count). The number of rotatable bonds is 4. The third-order valence-electron chi connectivity index (χ3n) is 5.84. The van der Waals surface area contributed by atoms with Crippen LogP contribution in [-0.2, 0) is 6.54 Å². The lowest BCUT2D eigenvalue weighted by molar-refractivity contribution is 0.154. The zero-order chi connectivity index (χ0) is 18.1. The summed E-state index contributed by atoms with van der Waals surface area (Å²) in [5, 5.41) is 13.6. The molecule has 0 atom stereocenters. The van der Waals surface area contributed by atoms with E-state index in [0.29, 0.717) is 18.2 Å². The first-order chi connectivity index (χ1) is 12.7. The van der Waals surface area contributed by atoms with Crippen LogP contribution in [0.5, 0.6) is 5.75 Å². The molecule has 4 nitrogen and oxygen atoms in total. The highest BCUT2D eigenvalue weighted by molar-refractivity contribution is 6.07. The average Bonchev–Trinajstić information content (AvgIpc) is 2.68. The maximum Gasteiger partial charge on any atom is 0.256 e. The van der Waals surface area contributed by atoms with Crippen LogP contribution in [0.4, 0.5) is 0 Å². The molecule has 136 valence electrons. The molecule has 2 aromatic carbocycles. The van der Waals surface area contributed by atoms with E-state index in [-0.39, 0.29) is 11.3 Å². The summed E-state index contributed by atoms with van der Waals surface area (Å²) in [6.07, 6.45) is 6.19. The highest BCUT2D eigenvalue weighted by Gasteiger charge is 2.23. The number of hydrogen-bond donors (Lipinski definition) is 2. The molecule has 1 aromatic heterocycles. The molecule has 3 aromatic rings. The summed E-state index contributed by atoms with van der Waals surface area (Å²) in [4.78, 5) is 18.2. The summed E-state index contributed by atoms with van der Waals surface area (Å²) in [5.41, 5.74) is 1.02. The van der Waals surface area contributed by atoms with E-state index in [4.69, 9.17) is 0 Å². The van der Waals surface area contributed by atoms with E-state index in [0.717, 1.165) is 28.2 Å². The van der Waals surface area contributed by atoms with Gasteiger partial charge >= 0.3 is 0 Å². The number of H-pyrrole nitrogens is 1. The number of benzene rings is 2. The molecule has 26 heavy (non-hydrogen) atoms. The second-order valence-electron chi connectivity index (χ2n) is 7.35. The normalized spacial score (nSPS) is 15.9. The zero-order valence-corrected chi connectivity index (χ0v) is 15.3. The number of nitrogens with zero attached hydrogens (tertiary/aromatic N) is 1. The van der Waals surface area contributed by atoms with Crippen LogP contribution < -0.4 is 5.56 Å². The molecule has 4 heteroatoms. The summed E-state index contributed by atoms with van der Waals surface area (Å²) < 4.78 is 0. The molecule has 0 bridgehead atoms. The SMILES string of the molecule is CCN(Cc1c(O)c2ccc3ccccc3c2[nH]c1=O)C1CCCCC1. The van der Waals surface area contributed by atoms with Crippen molar-refractivity contribution in [2.24, 2.45) is 0 Å². The van der Waals surface area contributed by atoms with Crippen LogP contribution in [0.25, 0.3) is 21.7 Å². The van der Waals surface area contributed by atoms with Gasteiger partial charge in [0, 0.05) is 23.4 Å². The van der Waals surface area contributed by atoms with Crippen LogP contribution >= 0.6 is 0 Å². The van der Waals surface area contributed by atoms with E-state index in [1.54, 1.807) is 0 Å². The topological polar surface area (TPSA) is 56.3 Å². The Morgan fingerprint density at radius 3 is 2.62 bits per heavy atom. The Labute approximate surface area is 153 Å². The molecule has 1 aliphatic carbocycles. The number of fused-ring (bicyclic) bond motifs is 3. The first kappa shape index (κ1) is 17.1. The molecule has 0 spiro atoms. The van der Waals surface area contributed by atoms with Gasteiger partial charge in [0.1, 0.15) is 5.75 Å². The predicted octanol–water partition coefficient (Wildman–Crippen LogP) is 4.54. The molecule has 0 radical (unpaired) electrons. The van der Waals surface area contributed by atoms with Crippen molar-refractivity contribution in [3.05, 3.63) is 52.3 Å². The van der Waals surface area contributed by atoms with Gasteiger partial charge in [-0.15, -0.1) is 0 Å². The lowest BCUT2D eigenvalue weighted by Gasteiger charge is -2.33. The fourth-order valence-electron chi connectivity index (χ4n) is 4.36. The first-order valence-electron chi connectivity index (χ1n) is 9.68. The van der Waals surface area contributed by atoms with Crippen molar-refractivity contribution in [1.82, 2.24) is 9.88 Å². The van der Waals surface area contributed by atoms with Crippen molar-refractivity contribution in [3.8, 4) is 5.75 Å². The fraction of sp³-hybridized carbons (Fsp3) is 0.409. The van der Waals surface area contributed by atoms with Crippen molar-refractivity contribution >= 4 is 21.7 Å². The summed E-state index contributed by atoms with van der Waals surface area (Å²) in [5.74, 6) is 0.128. The molecule has 1 heterocycles. The predicted molar refractivity (Wildman–Crippen MR) is 107 cm³/mol. The van der Waals surface area contributed by atoms with Crippen LogP contribution in [0.3, 0.4) is 0 Å². The smallest absolute Gasteiger partial charge is 0.256 e. The lowest BCUT2D eigenvalue weighted by Crippen LogP contribution is -2.37. The Morgan fingerprint density at radius 2 is 1.85 bits per heavy atom. The van der Waals surface area contributed by atoms with Crippen LogP contribution in [0, 0.1) is 0 Å². The van der Waals surface area contributed by atoms with Crippen molar-refractivity contribution in [2.45, 2.75) is 51.6 Å². The van der Waals surface area contributed by atoms with Gasteiger partial charge in [-0.25, -0.2) is 0 Å². The number of aromatic amines is 1. The van der Waals surface area contributed by atoms with Crippen LogP contribution in [-0.4, -0.2) is 27.6 Å². The van der Waals surface area contributed by atoms with Gasteiger partial charge in [0.15, 0.2) is 0 Å². The minimum atomic E-state index is -0.180. The van der Waals surface area contributed by atoms with Crippen LogP contribution in [0.2, 0.25) is 0 Å². The molecule has 1 fully saturated rings. The fourth-order valence-corrected chi connectivity index (χ4v) is 4.36. The van der Waals surface area contributed by atoms with E-state index in [1.165, 1.54) is 32.1 Å². The molecule has 0 amide bonds. The molecule has 0 saturated heterocycles. The number of nitrogens with one attached hydrogen (secondary N) is 1. The second kappa shape index (κ2) is 7.12. The Balaban J connectivity index is 1.78. The summed E-state index contributed by atoms with van der Waals surface area (Å²) >= 11 is 0. The van der Waals surface area contributed by atoms with E-state index in [2.05, 4.69) is 16.8 Å². The average molecular weight is 350 g/mol. The van der Waals surface area contributed by atoms with Gasteiger partial charge in [0.2, 0.25) is 0 Å². The summed E-state index contributed by atoms with van der Waals surface area (Å²) in [6.45, 7) is 3.53. The standard InChI is InChI=1S/C22H26N2O2/c1-2-24(16-9-4-3-5-10-16)14-19-21(25)18-13-12-15-8-6-7-11-17(15)20(18)23-22(19)26/h6-8,11-13,16H,2-5,9-10,14H2,1H3,(H2,23,25,26). The maximum absolute atomic E-state index is 12.8. The Morgan fingerprint density at radius 1 is 1.08 bits per heavy atom. The number of aromatic nitrogens is 1. The molecule has 2 N–H and O–H groups in total. The molecule has 0 unspecified atom stereocenters. The van der Waals surface area contributed by atoms with Crippen LogP contribution in [0.1, 0.15) is 44.6 Å². The van der Waals surface area contributed by atoms with Gasteiger partial charge in [0.05, 0.1) is 11.1 Å². The van der Waals surface area contributed by atoms with Crippen molar-refractivity contribution in [3.63, 3.8) is 0 Å². The van der Waals surface area contributed by atoms with Gasteiger partial charge < -0.3 is 10.1 Å². The van der Waals surface area contributed by atoms with Gasteiger partial charge in [-0.05, 0) is 30.8 Å². The van der Waals surface area contributed by atoms with E-state index < -0.39 is 0 Å². The number of hydrogen-bond acceptors (Lipinski definition) is 3. The van der Waals surface area contributed by atoms with E-state index in [1.807, 2.05) is 36.4 Å². The second-order valence-corrected chi connectivity index (χ2v) is 7.35. The van der Waals surface area contributed by atoms with Crippen molar-refractivity contribution in [1.29, 1.82) is 0 Å². The van der Waals surface area contributed by atoms with Gasteiger partial charge in [-0.3, -0.25) is 9.69 Å². The van der Waals surface area contributed by atoms with Crippen molar-refractivity contribution < 1.29 is 5.11 Å². The molecular formula is C22H26N2O2. The van der Waals surface area contributed by atoms with Gasteiger partial charge in [-0.1, -0.05) is 56.5 Å². The Kier molecular flexibility index (Phi) is 4.68. The van der Waals surface area contributed by atoms with Gasteiger partial charge in [0.25, 0.3) is 5.56 Å². The monoisotopic (exact) mass is 350 g/mol. The minimum absolute atomic E-state index is 0.128. The third-order valence-corrected chi connectivity index (χ3v) is 5.84. The van der Waals surface area contributed by atoms with Gasteiger partial charge in [-0.2, -0.15) is 0 Å². The van der Waals surface area contributed by atoms with Crippen molar-refractivity contribution in [2.75, 3.05) is 6.54 Å². The third kappa shape index (κ3) is 2.99. The maximum atomic E-state index is 12.8. The largest absolute Gasteiger partial charge is 0.507 e. The summed E-state index contributed by atoms with van der Waals surface area (Å²) in [6, 6.07) is 12.3. The molecule has 0 aliphatic heterocycles. The Bertz CT molecular complexity index is 987. The number of aromatic hydroxyl groups is 1. The Hall–Kier alpha value is -2.33. The van der Waals surface area contributed by atoms with E-state index in [9.17, 15) is 9.90 Å². The van der Waals surface area contributed by atoms with E-state index >= 15 is 0 Å². The first-order valence-corrected chi connectivity index (χ1v) is 9.68. The summed E-state index contributed by atoms with van der Waals surface area (Å²) in [7, 11) is 0.